The molecule has 0 bridgehead atoms. The second-order valence-electron chi connectivity index (χ2n) is 7.27. The molecule has 1 saturated heterocycles. The van der Waals surface area contributed by atoms with Crippen molar-refractivity contribution in [2.75, 3.05) is 24.2 Å². The van der Waals surface area contributed by atoms with Crippen LogP contribution in [0.15, 0.2) is 30.3 Å². The summed E-state index contributed by atoms with van der Waals surface area (Å²) in [5, 5.41) is 5.50. The van der Waals surface area contributed by atoms with Gasteiger partial charge in [0.15, 0.2) is 0 Å². The van der Waals surface area contributed by atoms with E-state index >= 15 is 0 Å². The van der Waals surface area contributed by atoms with Crippen molar-refractivity contribution < 1.29 is 9.00 Å². The lowest BCUT2D eigenvalue weighted by Crippen LogP contribution is -2.53. The van der Waals surface area contributed by atoms with E-state index < -0.39 is 10.8 Å². The van der Waals surface area contributed by atoms with Crippen LogP contribution in [0.2, 0.25) is 0 Å². The molecule has 0 spiro atoms. The van der Waals surface area contributed by atoms with Crippen LogP contribution < -0.4 is 5.32 Å². The quantitative estimate of drug-likeness (QED) is 0.864. The molecular weight excluding hydrogens is 320 g/mol. The smallest absolute Gasteiger partial charge is 0.321 e. The third-order valence-electron chi connectivity index (χ3n) is 5.14. The summed E-state index contributed by atoms with van der Waals surface area (Å²) < 4.78 is 11.7. The first kappa shape index (κ1) is 15.6. The normalized spacial score (nSPS) is 21.9. The molecule has 1 atom stereocenters. The molecule has 1 N–H and O–H groups in total. The van der Waals surface area contributed by atoms with Gasteiger partial charge < -0.3 is 10.2 Å². The fourth-order valence-electron chi connectivity index (χ4n) is 3.80. The van der Waals surface area contributed by atoms with Crippen molar-refractivity contribution >= 4 is 33.3 Å². The summed E-state index contributed by atoms with van der Waals surface area (Å²) in [4.78, 5) is 14.5. The number of hydrogen-bond acceptors (Lipinski definition) is 2. The van der Waals surface area contributed by atoms with Gasteiger partial charge in [-0.1, -0.05) is 24.3 Å². The summed E-state index contributed by atoms with van der Waals surface area (Å²) >= 11 is 0. The zero-order valence-electron chi connectivity index (χ0n) is 14.1. The number of urea groups is 1. The molecule has 24 heavy (non-hydrogen) atoms. The van der Waals surface area contributed by atoms with E-state index in [1.54, 1.807) is 4.90 Å². The van der Waals surface area contributed by atoms with Gasteiger partial charge in [-0.2, -0.15) is 0 Å². The van der Waals surface area contributed by atoms with Crippen molar-refractivity contribution in [3.8, 4) is 0 Å². The first-order valence-corrected chi connectivity index (χ1v) is 9.75. The molecule has 5 heteroatoms. The van der Waals surface area contributed by atoms with E-state index in [4.69, 9.17) is 0 Å². The number of carbonyl (C=O) groups excluding carboxylic acids is 1. The highest BCUT2D eigenvalue weighted by Gasteiger charge is 2.35. The number of amides is 2. The first-order chi connectivity index (χ1) is 11.5. The zero-order valence-corrected chi connectivity index (χ0v) is 14.9. The van der Waals surface area contributed by atoms with Gasteiger partial charge in [0.05, 0.1) is 10.4 Å². The first-order valence-electron chi connectivity index (χ1n) is 8.44. The van der Waals surface area contributed by atoms with Gasteiger partial charge in [-0.15, -0.1) is 0 Å². The maximum Gasteiger partial charge on any atom is 0.321 e. The molecule has 1 aliphatic carbocycles. The van der Waals surface area contributed by atoms with Crippen molar-refractivity contribution in [1.29, 1.82) is 0 Å². The van der Waals surface area contributed by atoms with Crippen LogP contribution in [0.4, 0.5) is 10.5 Å². The molecule has 1 heterocycles. The Morgan fingerprint density at radius 2 is 1.92 bits per heavy atom. The van der Waals surface area contributed by atoms with Crippen LogP contribution in [0.25, 0.3) is 10.8 Å². The Morgan fingerprint density at radius 1 is 1.17 bits per heavy atom. The molecule has 0 aromatic heterocycles. The Kier molecular flexibility index (Phi) is 3.64. The molecule has 2 aliphatic rings. The predicted octanol–water partition coefficient (Wildman–Crippen LogP) is 3.31. The largest absolute Gasteiger partial charge is 0.322 e. The Balaban J connectivity index is 1.61. The van der Waals surface area contributed by atoms with Crippen molar-refractivity contribution in [3.05, 3.63) is 41.5 Å². The zero-order chi connectivity index (χ0) is 16.9. The van der Waals surface area contributed by atoms with Crippen LogP contribution in [0.3, 0.4) is 0 Å². The van der Waals surface area contributed by atoms with Crippen LogP contribution in [0.1, 0.15) is 25.0 Å². The highest BCUT2D eigenvalue weighted by molar-refractivity contribution is 7.86. The summed E-state index contributed by atoms with van der Waals surface area (Å²) in [6.45, 7) is 4.99. The van der Waals surface area contributed by atoms with Crippen LogP contribution in [-0.4, -0.2) is 38.7 Å². The molecule has 2 aromatic carbocycles. The van der Waals surface area contributed by atoms with Crippen molar-refractivity contribution in [1.82, 2.24) is 4.90 Å². The standard InChI is InChI=1S/C19H22N2O2S/c1-19(2)12-21(10-11-24(19)23)18(22)20-16-9-8-14-7-6-13-4-3-5-15(16)17(13)14/h3-5,8-9H,6-7,10-12H2,1-2H3,(H,20,22)/t24-/m1/s1. The number of nitrogens with zero attached hydrogens (tertiary/aromatic N) is 1. The second-order valence-corrected chi connectivity index (χ2v) is 9.48. The lowest BCUT2D eigenvalue weighted by molar-refractivity contribution is 0.207. The van der Waals surface area contributed by atoms with Gasteiger partial charge in [-0.05, 0) is 49.3 Å². The molecule has 2 aromatic rings. The highest BCUT2D eigenvalue weighted by Crippen LogP contribution is 2.35. The second kappa shape index (κ2) is 5.59. The lowest BCUT2D eigenvalue weighted by Gasteiger charge is -2.37. The summed E-state index contributed by atoms with van der Waals surface area (Å²) in [6.07, 6.45) is 2.16. The van der Waals surface area contributed by atoms with Gasteiger partial charge in [0, 0.05) is 35.0 Å². The van der Waals surface area contributed by atoms with Crippen LogP contribution >= 0.6 is 0 Å². The van der Waals surface area contributed by atoms with E-state index in [0.29, 0.717) is 18.8 Å². The molecule has 2 amide bonds. The predicted molar refractivity (Wildman–Crippen MR) is 99.0 cm³/mol. The number of rotatable bonds is 1. The highest BCUT2D eigenvalue weighted by atomic mass is 32.2. The Bertz CT molecular complexity index is 850. The lowest BCUT2D eigenvalue weighted by atomic mass is 10.0. The number of hydrogen-bond donors (Lipinski definition) is 1. The minimum absolute atomic E-state index is 0.0986. The van der Waals surface area contributed by atoms with E-state index in [-0.39, 0.29) is 10.8 Å². The van der Waals surface area contributed by atoms with Crippen molar-refractivity contribution in [2.24, 2.45) is 0 Å². The molecule has 0 saturated carbocycles. The fourth-order valence-corrected chi connectivity index (χ4v) is 5.04. The van der Waals surface area contributed by atoms with Crippen LogP contribution in [0.5, 0.6) is 0 Å². The molecule has 1 fully saturated rings. The minimum Gasteiger partial charge on any atom is -0.322 e. The Hall–Kier alpha value is -1.88. The Labute approximate surface area is 144 Å². The third-order valence-corrected chi connectivity index (χ3v) is 7.06. The number of carbonyl (C=O) groups is 1. The van der Waals surface area contributed by atoms with Gasteiger partial charge in [-0.3, -0.25) is 4.21 Å². The number of aryl methyl sites for hydroxylation is 2. The van der Waals surface area contributed by atoms with Crippen molar-refractivity contribution in [3.63, 3.8) is 0 Å². The Morgan fingerprint density at radius 3 is 2.67 bits per heavy atom. The van der Waals surface area contributed by atoms with Gasteiger partial charge in [-0.25, -0.2) is 4.79 Å². The molecule has 4 nitrogen and oxygen atoms in total. The average molecular weight is 342 g/mol. The minimum atomic E-state index is -0.876. The summed E-state index contributed by atoms with van der Waals surface area (Å²) in [5.41, 5.74) is 3.60. The summed E-state index contributed by atoms with van der Waals surface area (Å²) in [6, 6.07) is 10.4. The van der Waals surface area contributed by atoms with Gasteiger partial charge in [0.1, 0.15) is 0 Å². The topological polar surface area (TPSA) is 49.4 Å². The maximum atomic E-state index is 12.7. The molecule has 0 unspecified atom stereocenters. The monoisotopic (exact) mass is 342 g/mol. The van der Waals surface area contributed by atoms with Gasteiger partial charge in [0.2, 0.25) is 0 Å². The van der Waals surface area contributed by atoms with E-state index in [1.165, 1.54) is 16.5 Å². The van der Waals surface area contributed by atoms with Crippen LogP contribution in [0, 0.1) is 0 Å². The molecular formula is C19H22N2O2S. The van der Waals surface area contributed by atoms with Crippen molar-refractivity contribution in [2.45, 2.75) is 31.4 Å². The summed E-state index contributed by atoms with van der Waals surface area (Å²) in [7, 11) is -0.876. The van der Waals surface area contributed by atoms with Crippen LogP contribution in [-0.2, 0) is 23.6 Å². The number of nitrogens with one attached hydrogen (secondary N) is 1. The molecule has 1 aliphatic heterocycles. The molecule has 4 rings (SSSR count). The maximum absolute atomic E-state index is 12.7. The number of anilines is 1. The van der Waals surface area contributed by atoms with Gasteiger partial charge >= 0.3 is 6.03 Å². The van der Waals surface area contributed by atoms with E-state index in [0.717, 1.165) is 23.9 Å². The third kappa shape index (κ3) is 2.51. The van der Waals surface area contributed by atoms with Gasteiger partial charge in [0.25, 0.3) is 0 Å². The number of benzene rings is 2. The average Bonchev–Trinajstić information content (AvgIpc) is 2.97. The SMILES string of the molecule is CC1(C)CN(C(=O)Nc2ccc3c4c(cccc24)CC3)CC[S@]1=O. The summed E-state index contributed by atoms with van der Waals surface area (Å²) in [5.74, 6) is 0.546. The van der Waals surface area contributed by atoms with E-state index in [9.17, 15) is 9.00 Å². The molecule has 0 radical (unpaired) electrons. The fraction of sp³-hybridized carbons (Fsp3) is 0.421. The van der Waals surface area contributed by atoms with E-state index in [1.807, 2.05) is 19.9 Å². The van der Waals surface area contributed by atoms with E-state index in [2.05, 4.69) is 29.6 Å². The molecule has 126 valence electrons.